The van der Waals surface area contributed by atoms with E-state index >= 15 is 0 Å². The quantitative estimate of drug-likeness (QED) is 0.837. The summed E-state index contributed by atoms with van der Waals surface area (Å²) in [5, 5.41) is 11.6. The Morgan fingerprint density at radius 2 is 2.28 bits per heavy atom. The molecule has 0 radical (unpaired) electrons. The molecule has 6 nitrogen and oxygen atoms in total. The molecule has 1 heterocycles. The molecule has 2 N–H and O–H groups in total. The van der Waals surface area contributed by atoms with Gasteiger partial charge in [0, 0.05) is 0 Å². The Labute approximate surface area is 104 Å². The van der Waals surface area contributed by atoms with Crippen molar-refractivity contribution in [3.05, 3.63) is 24.3 Å². The molecule has 1 aromatic carbocycles. The summed E-state index contributed by atoms with van der Waals surface area (Å²) in [6.07, 6.45) is 0. The van der Waals surface area contributed by atoms with Crippen molar-refractivity contribution in [3.8, 4) is 5.75 Å². The van der Waals surface area contributed by atoms with Crippen molar-refractivity contribution in [2.75, 3.05) is 18.1 Å². The van der Waals surface area contributed by atoms with E-state index < -0.39 is 18.0 Å². The molecule has 0 spiro atoms. The van der Waals surface area contributed by atoms with E-state index in [9.17, 15) is 9.59 Å². The van der Waals surface area contributed by atoms with Gasteiger partial charge in [0.2, 0.25) is 0 Å². The standard InChI is InChI=1S/C12H14N2O4/c1-2-18-10-6-4-3-5-8(10)14-9(11(15)16)7-13-12(14)17/h3-6,9H,2,7H2,1H3,(H,13,17)(H,15,16). The minimum Gasteiger partial charge on any atom is -0.492 e. The maximum atomic E-state index is 11.7. The second-order valence-electron chi connectivity index (χ2n) is 3.81. The van der Waals surface area contributed by atoms with Gasteiger partial charge in [-0.3, -0.25) is 4.90 Å². The van der Waals surface area contributed by atoms with Gasteiger partial charge in [-0.1, -0.05) is 12.1 Å². The molecular weight excluding hydrogens is 236 g/mol. The molecule has 1 fully saturated rings. The van der Waals surface area contributed by atoms with Crippen LogP contribution in [0.5, 0.6) is 5.75 Å². The van der Waals surface area contributed by atoms with Crippen LogP contribution in [0.15, 0.2) is 24.3 Å². The Balaban J connectivity index is 2.39. The molecule has 1 aliphatic rings. The second kappa shape index (κ2) is 4.95. The second-order valence-corrected chi connectivity index (χ2v) is 3.81. The van der Waals surface area contributed by atoms with Gasteiger partial charge in [0.25, 0.3) is 0 Å². The molecule has 1 unspecified atom stereocenters. The summed E-state index contributed by atoms with van der Waals surface area (Å²) in [5.74, 6) is -0.539. The summed E-state index contributed by atoms with van der Waals surface area (Å²) in [4.78, 5) is 24.1. The number of hydrogen-bond donors (Lipinski definition) is 2. The topological polar surface area (TPSA) is 78.9 Å². The van der Waals surface area contributed by atoms with Crippen molar-refractivity contribution < 1.29 is 19.4 Å². The predicted octanol–water partition coefficient (Wildman–Crippen LogP) is 1.07. The fourth-order valence-corrected chi connectivity index (χ4v) is 1.91. The number of ether oxygens (including phenoxy) is 1. The van der Waals surface area contributed by atoms with E-state index in [1.54, 1.807) is 24.3 Å². The predicted molar refractivity (Wildman–Crippen MR) is 64.9 cm³/mol. The molecule has 2 amide bonds. The van der Waals surface area contributed by atoms with Crippen LogP contribution in [-0.2, 0) is 4.79 Å². The van der Waals surface area contributed by atoms with Crippen molar-refractivity contribution >= 4 is 17.7 Å². The van der Waals surface area contributed by atoms with Crippen LogP contribution < -0.4 is 15.0 Å². The fourth-order valence-electron chi connectivity index (χ4n) is 1.91. The maximum absolute atomic E-state index is 11.7. The number of nitrogens with zero attached hydrogens (tertiary/aromatic N) is 1. The Kier molecular flexibility index (Phi) is 3.36. The van der Waals surface area contributed by atoms with Crippen LogP contribution >= 0.6 is 0 Å². The minimum atomic E-state index is -1.04. The molecule has 0 aromatic heterocycles. The third-order valence-electron chi connectivity index (χ3n) is 2.69. The Bertz CT molecular complexity index is 475. The smallest absolute Gasteiger partial charge is 0.328 e. The SMILES string of the molecule is CCOc1ccccc1N1C(=O)NCC1C(=O)O. The summed E-state index contributed by atoms with van der Waals surface area (Å²) in [5.41, 5.74) is 0.474. The zero-order valence-corrected chi connectivity index (χ0v) is 9.92. The van der Waals surface area contributed by atoms with Crippen molar-refractivity contribution in [3.63, 3.8) is 0 Å². The first-order valence-corrected chi connectivity index (χ1v) is 5.67. The third kappa shape index (κ3) is 2.09. The number of rotatable bonds is 4. The highest BCUT2D eigenvalue weighted by Crippen LogP contribution is 2.31. The van der Waals surface area contributed by atoms with E-state index in [2.05, 4.69) is 5.32 Å². The van der Waals surface area contributed by atoms with Crippen molar-refractivity contribution in [1.82, 2.24) is 5.32 Å². The van der Waals surface area contributed by atoms with Gasteiger partial charge < -0.3 is 15.2 Å². The van der Waals surface area contributed by atoms with Gasteiger partial charge in [0.15, 0.2) is 6.04 Å². The lowest BCUT2D eigenvalue weighted by Gasteiger charge is -2.22. The van der Waals surface area contributed by atoms with Crippen molar-refractivity contribution in [2.24, 2.45) is 0 Å². The van der Waals surface area contributed by atoms with Gasteiger partial charge in [-0.25, -0.2) is 9.59 Å². The first-order valence-electron chi connectivity index (χ1n) is 5.67. The number of carboxylic acids is 1. The van der Waals surface area contributed by atoms with E-state index in [4.69, 9.17) is 9.84 Å². The molecule has 0 bridgehead atoms. The molecule has 1 saturated heterocycles. The number of amides is 2. The molecule has 6 heteroatoms. The number of aliphatic carboxylic acids is 1. The fraction of sp³-hybridized carbons (Fsp3) is 0.333. The van der Waals surface area contributed by atoms with Crippen LogP contribution in [0.25, 0.3) is 0 Å². The van der Waals surface area contributed by atoms with Crippen molar-refractivity contribution in [1.29, 1.82) is 0 Å². The number of anilines is 1. The molecule has 1 atom stereocenters. The Morgan fingerprint density at radius 3 is 2.94 bits per heavy atom. The van der Waals surface area contributed by atoms with Crippen molar-refractivity contribution in [2.45, 2.75) is 13.0 Å². The highest BCUT2D eigenvalue weighted by atomic mass is 16.5. The molecule has 1 aromatic rings. The molecule has 0 aliphatic carbocycles. The lowest BCUT2D eigenvalue weighted by Crippen LogP contribution is -2.39. The lowest BCUT2D eigenvalue weighted by atomic mass is 10.2. The minimum absolute atomic E-state index is 0.0919. The van der Waals surface area contributed by atoms with Gasteiger partial charge in [-0.2, -0.15) is 0 Å². The van der Waals surface area contributed by atoms with E-state index in [-0.39, 0.29) is 6.54 Å². The normalized spacial score (nSPS) is 18.6. The molecule has 1 aliphatic heterocycles. The van der Waals surface area contributed by atoms with E-state index in [1.807, 2.05) is 6.92 Å². The molecular formula is C12H14N2O4. The number of carboxylic acid groups (broad SMARTS) is 1. The number of carbonyl (C=O) groups excluding carboxylic acids is 1. The van der Waals surface area contributed by atoms with Crippen LogP contribution in [0.1, 0.15) is 6.92 Å². The number of hydrogen-bond acceptors (Lipinski definition) is 3. The van der Waals surface area contributed by atoms with Gasteiger partial charge in [-0.15, -0.1) is 0 Å². The third-order valence-corrected chi connectivity index (χ3v) is 2.69. The number of benzene rings is 1. The summed E-state index contributed by atoms with van der Waals surface area (Å²) in [6.45, 7) is 2.37. The Morgan fingerprint density at radius 1 is 1.56 bits per heavy atom. The summed E-state index contributed by atoms with van der Waals surface area (Å²) in [6, 6.07) is 5.57. The average Bonchev–Trinajstić information content (AvgIpc) is 2.72. The van der Waals surface area contributed by atoms with Gasteiger partial charge in [-0.05, 0) is 19.1 Å². The van der Waals surface area contributed by atoms with Crippen LogP contribution in [0.2, 0.25) is 0 Å². The zero-order chi connectivity index (χ0) is 13.1. The first-order chi connectivity index (χ1) is 8.65. The van der Waals surface area contributed by atoms with E-state index in [0.29, 0.717) is 18.0 Å². The van der Waals surface area contributed by atoms with Gasteiger partial charge >= 0.3 is 12.0 Å². The maximum Gasteiger partial charge on any atom is 0.328 e. The average molecular weight is 250 g/mol. The largest absolute Gasteiger partial charge is 0.492 e. The summed E-state index contributed by atoms with van der Waals surface area (Å²) in [7, 11) is 0. The number of carbonyl (C=O) groups is 2. The highest BCUT2D eigenvalue weighted by Gasteiger charge is 2.38. The molecule has 96 valence electrons. The zero-order valence-electron chi connectivity index (χ0n) is 9.92. The van der Waals surface area contributed by atoms with Gasteiger partial charge in [0.1, 0.15) is 5.75 Å². The number of urea groups is 1. The molecule has 2 rings (SSSR count). The van der Waals surface area contributed by atoms with Crippen LogP contribution in [-0.4, -0.2) is 36.3 Å². The van der Waals surface area contributed by atoms with E-state index in [0.717, 1.165) is 0 Å². The van der Waals surface area contributed by atoms with Crippen LogP contribution in [0, 0.1) is 0 Å². The van der Waals surface area contributed by atoms with E-state index in [1.165, 1.54) is 4.90 Å². The summed E-state index contributed by atoms with van der Waals surface area (Å²) >= 11 is 0. The highest BCUT2D eigenvalue weighted by molar-refractivity contribution is 6.02. The number of nitrogens with one attached hydrogen (secondary N) is 1. The first kappa shape index (κ1) is 12.2. The Hall–Kier alpha value is -2.24. The monoisotopic (exact) mass is 250 g/mol. The number of para-hydroxylation sites is 2. The van der Waals surface area contributed by atoms with Crippen LogP contribution in [0.4, 0.5) is 10.5 Å². The summed E-state index contributed by atoms with van der Waals surface area (Å²) < 4.78 is 5.41. The molecule has 0 saturated carbocycles. The van der Waals surface area contributed by atoms with Gasteiger partial charge in [0.05, 0.1) is 18.8 Å². The molecule has 18 heavy (non-hydrogen) atoms. The van der Waals surface area contributed by atoms with Crippen LogP contribution in [0.3, 0.4) is 0 Å². The lowest BCUT2D eigenvalue weighted by molar-refractivity contribution is -0.137.